The van der Waals surface area contributed by atoms with Crippen molar-refractivity contribution in [1.29, 1.82) is 0 Å². The molecule has 1 atom stereocenters. The molecule has 3 N–H and O–H groups in total. The van der Waals surface area contributed by atoms with Gasteiger partial charge in [0.2, 0.25) is 5.91 Å². The molecule has 4 nitrogen and oxygen atoms in total. The summed E-state index contributed by atoms with van der Waals surface area (Å²) in [7, 11) is 0. The molecule has 1 amide bonds. The average molecular weight is 425 g/mol. The lowest BCUT2D eigenvalue weighted by molar-refractivity contribution is -0.126. The Morgan fingerprint density at radius 1 is 1.19 bits per heavy atom. The molecular formula is C19H32Cl3N3O. The van der Waals surface area contributed by atoms with E-state index in [0.29, 0.717) is 6.54 Å². The molecule has 0 radical (unpaired) electrons. The largest absolute Gasteiger partial charge is 0.356 e. The van der Waals surface area contributed by atoms with Gasteiger partial charge in [0, 0.05) is 29.2 Å². The fraction of sp³-hybridized carbons (Fsp3) is 0.632. The summed E-state index contributed by atoms with van der Waals surface area (Å²) in [5, 5.41) is 10.8. The third kappa shape index (κ3) is 7.24. The van der Waals surface area contributed by atoms with Crippen LogP contribution in [0.25, 0.3) is 0 Å². The van der Waals surface area contributed by atoms with Crippen LogP contribution in [-0.2, 0) is 11.3 Å². The zero-order valence-corrected chi connectivity index (χ0v) is 18.4. The van der Waals surface area contributed by atoms with E-state index in [4.69, 9.17) is 11.6 Å². The third-order valence-electron chi connectivity index (χ3n) is 4.67. The Kier molecular flexibility index (Phi) is 10.5. The average Bonchev–Trinajstić information content (AvgIpc) is 2.72. The van der Waals surface area contributed by atoms with Crippen LogP contribution < -0.4 is 16.0 Å². The van der Waals surface area contributed by atoms with Crippen molar-refractivity contribution in [3.8, 4) is 0 Å². The Labute approximate surface area is 175 Å². The minimum absolute atomic E-state index is 0. The molecule has 0 aromatic heterocycles. The van der Waals surface area contributed by atoms with Crippen LogP contribution in [-0.4, -0.2) is 30.1 Å². The first-order chi connectivity index (χ1) is 11.2. The summed E-state index contributed by atoms with van der Waals surface area (Å²) in [4.78, 5) is 12.5. The van der Waals surface area contributed by atoms with Crippen LogP contribution in [0.3, 0.4) is 0 Å². The molecule has 0 saturated carbocycles. The van der Waals surface area contributed by atoms with Gasteiger partial charge < -0.3 is 16.0 Å². The topological polar surface area (TPSA) is 53.2 Å². The second-order valence-corrected chi connectivity index (χ2v) is 8.31. The minimum atomic E-state index is -0.157. The predicted molar refractivity (Wildman–Crippen MR) is 115 cm³/mol. The van der Waals surface area contributed by atoms with Crippen molar-refractivity contribution in [2.45, 2.75) is 58.2 Å². The zero-order chi connectivity index (χ0) is 17.8. The highest BCUT2D eigenvalue weighted by atomic mass is 35.5. The highest BCUT2D eigenvalue weighted by Crippen LogP contribution is 2.35. The number of hydrogen-bond acceptors (Lipinski definition) is 3. The van der Waals surface area contributed by atoms with E-state index in [0.717, 1.165) is 36.5 Å². The number of halogens is 3. The maximum absolute atomic E-state index is 12.5. The number of rotatable bonds is 7. The quantitative estimate of drug-likeness (QED) is 0.581. The standard InChI is InChI=1S/C19H30ClN3O.2ClH/c1-18(2)12-15(19(3,4)23-18)17(24)22-11-7-10-21-13-14-8-5-6-9-16(14)20;;/h5-6,8-9,15,21,23H,7,10-13H2,1-4H3,(H,22,24);2*1H. The Morgan fingerprint density at radius 3 is 2.42 bits per heavy atom. The number of carbonyl (C=O) groups excluding carboxylic acids is 1. The highest BCUT2D eigenvalue weighted by molar-refractivity contribution is 6.31. The molecule has 1 fully saturated rings. The third-order valence-corrected chi connectivity index (χ3v) is 5.03. The van der Waals surface area contributed by atoms with Crippen molar-refractivity contribution >= 4 is 42.3 Å². The van der Waals surface area contributed by atoms with E-state index >= 15 is 0 Å². The summed E-state index contributed by atoms with van der Waals surface area (Å²) in [6, 6.07) is 7.84. The summed E-state index contributed by atoms with van der Waals surface area (Å²) < 4.78 is 0. The van der Waals surface area contributed by atoms with Gasteiger partial charge >= 0.3 is 0 Å². The molecule has 0 spiro atoms. The van der Waals surface area contributed by atoms with E-state index in [9.17, 15) is 4.79 Å². The van der Waals surface area contributed by atoms with Gasteiger partial charge in [0.05, 0.1) is 5.92 Å². The van der Waals surface area contributed by atoms with Gasteiger partial charge in [0.15, 0.2) is 0 Å². The van der Waals surface area contributed by atoms with Crippen LogP contribution in [0, 0.1) is 5.92 Å². The number of hydrogen-bond donors (Lipinski definition) is 3. The molecule has 1 heterocycles. The van der Waals surface area contributed by atoms with E-state index in [1.165, 1.54) is 0 Å². The Balaban J connectivity index is 0.00000312. The van der Waals surface area contributed by atoms with Crippen molar-refractivity contribution in [3.63, 3.8) is 0 Å². The van der Waals surface area contributed by atoms with Crippen molar-refractivity contribution in [2.75, 3.05) is 13.1 Å². The number of carbonyl (C=O) groups is 1. The van der Waals surface area contributed by atoms with E-state index in [-0.39, 0.29) is 47.7 Å². The monoisotopic (exact) mass is 423 g/mol. The normalized spacial score (nSPS) is 20.0. The highest BCUT2D eigenvalue weighted by Gasteiger charge is 2.47. The zero-order valence-electron chi connectivity index (χ0n) is 16.0. The molecular weight excluding hydrogens is 393 g/mol. The van der Waals surface area contributed by atoms with E-state index in [1.807, 2.05) is 24.3 Å². The molecule has 7 heteroatoms. The van der Waals surface area contributed by atoms with Gasteiger partial charge in [-0.1, -0.05) is 29.8 Å². The molecule has 0 bridgehead atoms. The van der Waals surface area contributed by atoms with Crippen molar-refractivity contribution in [2.24, 2.45) is 5.92 Å². The van der Waals surface area contributed by atoms with E-state index in [2.05, 4.69) is 43.6 Å². The first-order valence-corrected chi connectivity index (χ1v) is 9.10. The molecule has 150 valence electrons. The van der Waals surface area contributed by atoms with Crippen molar-refractivity contribution in [1.82, 2.24) is 16.0 Å². The molecule has 0 aliphatic carbocycles. The Bertz CT molecular complexity index is 579. The molecule has 1 aliphatic heterocycles. The maximum atomic E-state index is 12.5. The SMILES string of the molecule is CC1(C)CC(C(=O)NCCCNCc2ccccc2Cl)C(C)(C)N1.Cl.Cl. The summed E-state index contributed by atoms with van der Waals surface area (Å²) in [5.41, 5.74) is 0.960. The first kappa shape index (κ1) is 25.5. The van der Waals surface area contributed by atoms with Gasteiger partial charge in [-0.25, -0.2) is 0 Å². The summed E-state index contributed by atoms with van der Waals surface area (Å²) in [6.07, 6.45) is 1.77. The number of benzene rings is 1. The molecule has 1 aromatic carbocycles. The number of amides is 1. The van der Waals surface area contributed by atoms with E-state index < -0.39 is 0 Å². The van der Waals surface area contributed by atoms with Gasteiger partial charge in [-0.2, -0.15) is 0 Å². The fourth-order valence-corrected chi connectivity index (χ4v) is 3.81. The summed E-state index contributed by atoms with van der Waals surface area (Å²) >= 11 is 6.13. The molecule has 26 heavy (non-hydrogen) atoms. The second-order valence-electron chi connectivity index (χ2n) is 7.90. The molecule has 1 aliphatic rings. The van der Waals surface area contributed by atoms with Crippen molar-refractivity contribution < 1.29 is 4.79 Å². The lowest BCUT2D eigenvalue weighted by atomic mass is 9.86. The van der Waals surface area contributed by atoms with Crippen LogP contribution in [0.4, 0.5) is 0 Å². The second kappa shape index (κ2) is 10.7. The molecule has 1 saturated heterocycles. The maximum Gasteiger partial charge on any atom is 0.225 e. The van der Waals surface area contributed by atoms with Crippen molar-refractivity contribution in [3.05, 3.63) is 34.9 Å². The van der Waals surface area contributed by atoms with Crippen LogP contribution in [0.1, 0.15) is 46.1 Å². The molecule has 2 rings (SSSR count). The van der Waals surface area contributed by atoms with Gasteiger partial charge in [0.1, 0.15) is 0 Å². The van der Waals surface area contributed by atoms with E-state index in [1.54, 1.807) is 0 Å². The number of nitrogens with one attached hydrogen (secondary N) is 3. The van der Waals surface area contributed by atoms with Gasteiger partial charge in [0.25, 0.3) is 0 Å². The van der Waals surface area contributed by atoms with Gasteiger partial charge in [-0.05, 0) is 58.7 Å². The predicted octanol–water partition coefficient (Wildman–Crippen LogP) is 3.95. The smallest absolute Gasteiger partial charge is 0.225 e. The van der Waals surface area contributed by atoms with Crippen LogP contribution in [0.5, 0.6) is 0 Å². The minimum Gasteiger partial charge on any atom is -0.356 e. The van der Waals surface area contributed by atoms with Gasteiger partial charge in [-0.15, -0.1) is 24.8 Å². The lowest BCUT2D eigenvalue weighted by Crippen LogP contribution is -2.48. The molecule has 1 unspecified atom stereocenters. The Morgan fingerprint density at radius 2 is 1.85 bits per heavy atom. The van der Waals surface area contributed by atoms with Crippen LogP contribution in [0.2, 0.25) is 5.02 Å². The first-order valence-electron chi connectivity index (χ1n) is 8.72. The van der Waals surface area contributed by atoms with Crippen LogP contribution in [0.15, 0.2) is 24.3 Å². The van der Waals surface area contributed by atoms with Gasteiger partial charge in [-0.3, -0.25) is 4.79 Å². The lowest BCUT2D eigenvalue weighted by Gasteiger charge is -2.27. The Hall–Kier alpha value is -0.520. The molecule has 1 aromatic rings. The fourth-order valence-electron chi connectivity index (χ4n) is 3.61. The summed E-state index contributed by atoms with van der Waals surface area (Å²) in [5.74, 6) is 0.174. The summed E-state index contributed by atoms with van der Waals surface area (Å²) in [6.45, 7) is 10.8. The van der Waals surface area contributed by atoms with Crippen LogP contribution >= 0.6 is 36.4 Å².